The number of hydrogen-bond donors (Lipinski definition) is 2. The van der Waals surface area contributed by atoms with Crippen molar-refractivity contribution in [2.24, 2.45) is 5.92 Å². The van der Waals surface area contributed by atoms with Crippen molar-refractivity contribution in [2.45, 2.75) is 57.9 Å². The Balaban J connectivity index is 0.00000182. The molecule has 0 radical (unpaired) electrons. The van der Waals surface area contributed by atoms with E-state index < -0.39 is 0 Å². The molecule has 0 unspecified atom stereocenters. The van der Waals surface area contributed by atoms with E-state index in [4.69, 9.17) is 0 Å². The summed E-state index contributed by atoms with van der Waals surface area (Å²) in [6, 6.07) is 4.20. The van der Waals surface area contributed by atoms with Gasteiger partial charge in [-0.15, -0.1) is 24.8 Å². The third-order valence-corrected chi connectivity index (χ3v) is 5.47. The Kier molecular flexibility index (Phi) is 11.7. The first-order chi connectivity index (χ1) is 12.3. The standard InChI is InChI=1S/C20H32N4O.2ClH/c25-20(8-6-17-9-11-21-12-10-17)23-16-18-5-7-19(22-15-18)24-13-3-1-2-4-14-24;;/h5,7,15,17,21H,1-4,6,8-14,16H2,(H,23,25);2*1H. The lowest BCUT2D eigenvalue weighted by atomic mass is 9.93. The highest BCUT2D eigenvalue weighted by Gasteiger charge is 2.14. The van der Waals surface area contributed by atoms with E-state index in [1.165, 1.54) is 38.5 Å². The van der Waals surface area contributed by atoms with E-state index in [1.54, 1.807) is 0 Å². The molecule has 1 aromatic rings. The summed E-state index contributed by atoms with van der Waals surface area (Å²) in [7, 11) is 0. The average Bonchev–Trinajstić information content (AvgIpc) is 2.95. The van der Waals surface area contributed by atoms with Gasteiger partial charge in [0.15, 0.2) is 0 Å². The minimum Gasteiger partial charge on any atom is -0.357 e. The molecule has 1 amide bonds. The average molecular weight is 417 g/mol. The zero-order chi connectivity index (χ0) is 17.3. The lowest BCUT2D eigenvalue weighted by Crippen LogP contribution is -2.29. The van der Waals surface area contributed by atoms with E-state index >= 15 is 0 Å². The minimum absolute atomic E-state index is 0. The van der Waals surface area contributed by atoms with Crippen molar-refractivity contribution in [3.63, 3.8) is 0 Å². The van der Waals surface area contributed by atoms with Gasteiger partial charge in [0.2, 0.25) is 5.91 Å². The molecule has 2 fully saturated rings. The predicted molar refractivity (Wildman–Crippen MR) is 116 cm³/mol. The second kappa shape index (κ2) is 13.2. The van der Waals surface area contributed by atoms with Crippen molar-refractivity contribution >= 4 is 36.5 Å². The fourth-order valence-corrected chi connectivity index (χ4v) is 3.80. The Morgan fingerprint density at radius 2 is 1.81 bits per heavy atom. The van der Waals surface area contributed by atoms with E-state index in [0.717, 1.165) is 44.0 Å². The maximum Gasteiger partial charge on any atom is 0.220 e. The highest BCUT2D eigenvalue weighted by atomic mass is 35.5. The summed E-state index contributed by atoms with van der Waals surface area (Å²) in [6.07, 6.45) is 11.2. The lowest BCUT2D eigenvalue weighted by molar-refractivity contribution is -0.121. The van der Waals surface area contributed by atoms with Gasteiger partial charge in [-0.2, -0.15) is 0 Å². The molecule has 0 aliphatic carbocycles. The fraction of sp³-hybridized carbons (Fsp3) is 0.700. The largest absolute Gasteiger partial charge is 0.357 e. The fourth-order valence-electron chi connectivity index (χ4n) is 3.80. The first kappa shape index (κ1) is 24.0. The molecule has 5 nitrogen and oxygen atoms in total. The number of halogens is 2. The summed E-state index contributed by atoms with van der Waals surface area (Å²) in [5.74, 6) is 1.94. The van der Waals surface area contributed by atoms with Gasteiger partial charge < -0.3 is 15.5 Å². The number of piperidine rings is 1. The van der Waals surface area contributed by atoms with Gasteiger partial charge in [-0.1, -0.05) is 18.9 Å². The number of carbonyl (C=O) groups is 1. The normalized spacial score (nSPS) is 18.0. The van der Waals surface area contributed by atoms with Crippen molar-refractivity contribution in [3.8, 4) is 0 Å². The highest BCUT2D eigenvalue weighted by molar-refractivity contribution is 5.85. The number of hydrogen-bond acceptors (Lipinski definition) is 4. The number of anilines is 1. The second-order valence-electron chi connectivity index (χ2n) is 7.43. The molecule has 3 heterocycles. The number of nitrogens with zero attached hydrogens (tertiary/aromatic N) is 2. The highest BCUT2D eigenvalue weighted by Crippen LogP contribution is 2.18. The Labute approximate surface area is 175 Å². The third kappa shape index (κ3) is 8.24. The molecule has 154 valence electrons. The van der Waals surface area contributed by atoms with Crippen LogP contribution < -0.4 is 15.5 Å². The number of aromatic nitrogens is 1. The SMILES string of the molecule is Cl.Cl.O=C(CCC1CCNCC1)NCc1ccc(N2CCCCCC2)nc1. The molecule has 3 rings (SSSR count). The number of pyridine rings is 1. The van der Waals surface area contributed by atoms with Crippen LogP contribution >= 0.6 is 24.8 Å². The molecule has 2 N–H and O–H groups in total. The molecular weight excluding hydrogens is 383 g/mol. The number of nitrogens with one attached hydrogen (secondary N) is 2. The molecule has 27 heavy (non-hydrogen) atoms. The van der Waals surface area contributed by atoms with Crippen molar-refractivity contribution < 1.29 is 4.79 Å². The molecule has 2 saturated heterocycles. The van der Waals surface area contributed by atoms with Gasteiger partial charge in [0.1, 0.15) is 5.82 Å². The topological polar surface area (TPSA) is 57.3 Å². The molecule has 1 aromatic heterocycles. The van der Waals surface area contributed by atoms with Crippen LogP contribution in [0.2, 0.25) is 0 Å². The van der Waals surface area contributed by atoms with Crippen LogP contribution in [0.1, 0.15) is 56.9 Å². The molecule has 0 aromatic carbocycles. The molecule has 0 bridgehead atoms. The van der Waals surface area contributed by atoms with Gasteiger partial charge in [0.25, 0.3) is 0 Å². The molecule has 0 atom stereocenters. The zero-order valence-corrected chi connectivity index (χ0v) is 17.8. The third-order valence-electron chi connectivity index (χ3n) is 5.47. The monoisotopic (exact) mass is 416 g/mol. The van der Waals surface area contributed by atoms with Crippen LogP contribution in [0.15, 0.2) is 18.3 Å². The van der Waals surface area contributed by atoms with Gasteiger partial charge >= 0.3 is 0 Å². The molecule has 2 aliphatic heterocycles. The Hall–Kier alpha value is -1.04. The van der Waals surface area contributed by atoms with Gasteiger partial charge in [0, 0.05) is 32.3 Å². The van der Waals surface area contributed by atoms with Crippen LogP contribution in [0.25, 0.3) is 0 Å². The smallest absolute Gasteiger partial charge is 0.220 e. The summed E-state index contributed by atoms with van der Waals surface area (Å²) >= 11 is 0. The van der Waals surface area contributed by atoms with Gasteiger partial charge in [-0.05, 0) is 62.7 Å². The Morgan fingerprint density at radius 1 is 1.11 bits per heavy atom. The maximum atomic E-state index is 12.1. The first-order valence-electron chi connectivity index (χ1n) is 9.98. The molecule has 2 aliphatic rings. The summed E-state index contributed by atoms with van der Waals surface area (Å²) in [5.41, 5.74) is 1.08. The number of carbonyl (C=O) groups excluding carboxylic acids is 1. The predicted octanol–water partition coefficient (Wildman–Crippen LogP) is 3.70. The molecule has 0 spiro atoms. The van der Waals surface area contributed by atoms with Crippen molar-refractivity contribution in [2.75, 3.05) is 31.1 Å². The van der Waals surface area contributed by atoms with E-state index in [2.05, 4.69) is 32.7 Å². The van der Waals surface area contributed by atoms with E-state index in [0.29, 0.717) is 18.9 Å². The van der Waals surface area contributed by atoms with Crippen LogP contribution in [-0.2, 0) is 11.3 Å². The quantitative estimate of drug-likeness (QED) is 0.741. The molecular formula is C20H34Cl2N4O. The summed E-state index contributed by atoms with van der Waals surface area (Å²) in [6.45, 7) is 5.00. The van der Waals surface area contributed by atoms with Crippen LogP contribution in [0, 0.1) is 5.92 Å². The molecule has 7 heteroatoms. The van der Waals surface area contributed by atoms with Gasteiger partial charge in [0.05, 0.1) is 0 Å². The zero-order valence-electron chi connectivity index (χ0n) is 16.1. The van der Waals surface area contributed by atoms with Crippen molar-refractivity contribution in [3.05, 3.63) is 23.9 Å². The first-order valence-corrected chi connectivity index (χ1v) is 9.98. The van der Waals surface area contributed by atoms with Gasteiger partial charge in [-0.25, -0.2) is 4.98 Å². The molecule has 0 saturated carbocycles. The van der Waals surface area contributed by atoms with E-state index in [-0.39, 0.29) is 30.7 Å². The lowest BCUT2D eigenvalue weighted by Gasteiger charge is -2.22. The summed E-state index contributed by atoms with van der Waals surface area (Å²) < 4.78 is 0. The van der Waals surface area contributed by atoms with Crippen molar-refractivity contribution in [1.82, 2.24) is 15.6 Å². The van der Waals surface area contributed by atoms with Crippen LogP contribution in [0.5, 0.6) is 0 Å². The van der Waals surface area contributed by atoms with Crippen molar-refractivity contribution in [1.29, 1.82) is 0 Å². The van der Waals surface area contributed by atoms with Crippen LogP contribution in [0.3, 0.4) is 0 Å². The van der Waals surface area contributed by atoms with Gasteiger partial charge in [-0.3, -0.25) is 4.79 Å². The van der Waals surface area contributed by atoms with Crippen LogP contribution in [0.4, 0.5) is 5.82 Å². The second-order valence-corrected chi connectivity index (χ2v) is 7.43. The summed E-state index contributed by atoms with van der Waals surface area (Å²) in [4.78, 5) is 19.0. The summed E-state index contributed by atoms with van der Waals surface area (Å²) in [5, 5.41) is 6.41. The Bertz CT molecular complexity index is 527. The van der Waals surface area contributed by atoms with E-state index in [9.17, 15) is 4.79 Å². The van der Waals surface area contributed by atoms with E-state index in [1.807, 2.05) is 6.20 Å². The van der Waals surface area contributed by atoms with Crippen LogP contribution in [-0.4, -0.2) is 37.1 Å². The maximum absolute atomic E-state index is 12.1. The Morgan fingerprint density at radius 3 is 2.44 bits per heavy atom. The number of rotatable bonds is 6. The number of amides is 1. The minimum atomic E-state index is 0.